The van der Waals surface area contributed by atoms with E-state index in [1.807, 2.05) is 0 Å². The van der Waals surface area contributed by atoms with Gasteiger partial charge in [-0.2, -0.15) is 0 Å². The van der Waals surface area contributed by atoms with Gasteiger partial charge in [0.15, 0.2) is 5.43 Å². The standard InChI is InChI=1S/C13H8O3S/c14-7-1-3-9-11(5-7)17-12-6-8(15)2-4-10(12)13(9)16/h1-6,14-15H. The summed E-state index contributed by atoms with van der Waals surface area (Å²) < 4.78 is 1.43. The van der Waals surface area contributed by atoms with Crippen LogP contribution in [-0.4, -0.2) is 10.2 Å². The maximum atomic E-state index is 12.2. The molecule has 0 atom stereocenters. The minimum Gasteiger partial charge on any atom is -0.508 e. The number of phenols is 2. The molecule has 2 aromatic carbocycles. The monoisotopic (exact) mass is 244 g/mol. The maximum Gasteiger partial charge on any atom is 0.195 e. The van der Waals surface area contributed by atoms with Crippen LogP contribution in [0.3, 0.4) is 0 Å². The smallest absolute Gasteiger partial charge is 0.195 e. The molecule has 0 aliphatic rings. The molecule has 0 unspecified atom stereocenters. The Labute approximate surface area is 100 Å². The lowest BCUT2D eigenvalue weighted by atomic mass is 10.2. The first-order chi connectivity index (χ1) is 8.15. The second-order valence-electron chi connectivity index (χ2n) is 3.79. The maximum absolute atomic E-state index is 12.2. The van der Waals surface area contributed by atoms with E-state index in [1.165, 1.54) is 23.5 Å². The average molecular weight is 244 g/mol. The summed E-state index contributed by atoms with van der Waals surface area (Å²) in [6.07, 6.45) is 0. The molecule has 0 saturated carbocycles. The van der Waals surface area contributed by atoms with Crippen molar-refractivity contribution in [2.24, 2.45) is 0 Å². The normalized spacial score (nSPS) is 11.1. The van der Waals surface area contributed by atoms with Crippen molar-refractivity contribution in [3.63, 3.8) is 0 Å². The van der Waals surface area contributed by atoms with E-state index in [1.54, 1.807) is 24.3 Å². The number of aromatic hydroxyl groups is 2. The summed E-state index contributed by atoms with van der Waals surface area (Å²) in [4.78, 5) is 12.2. The number of hydrogen-bond donors (Lipinski definition) is 2. The molecule has 2 N–H and O–H groups in total. The van der Waals surface area contributed by atoms with Crippen molar-refractivity contribution >= 4 is 31.5 Å². The summed E-state index contributed by atoms with van der Waals surface area (Å²) in [7, 11) is 0. The molecule has 84 valence electrons. The topological polar surface area (TPSA) is 57.5 Å². The van der Waals surface area contributed by atoms with Crippen molar-refractivity contribution in [3.05, 3.63) is 46.6 Å². The lowest BCUT2D eigenvalue weighted by molar-refractivity contribution is 0.476. The van der Waals surface area contributed by atoms with Crippen LogP contribution in [0, 0.1) is 0 Å². The Morgan fingerprint density at radius 2 is 1.29 bits per heavy atom. The van der Waals surface area contributed by atoms with Crippen LogP contribution in [0.1, 0.15) is 0 Å². The van der Waals surface area contributed by atoms with Crippen molar-refractivity contribution in [1.29, 1.82) is 0 Å². The Hall–Kier alpha value is -2.07. The van der Waals surface area contributed by atoms with Gasteiger partial charge in [0.2, 0.25) is 0 Å². The first kappa shape index (κ1) is 10.1. The molecule has 3 aromatic rings. The molecule has 1 aromatic heterocycles. The number of benzene rings is 2. The minimum atomic E-state index is -0.0752. The van der Waals surface area contributed by atoms with E-state index >= 15 is 0 Å². The van der Waals surface area contributed by atoms with E-state index in [0.29, 0.717) is 20.2 Å². The summed E-state index contributed by atoms with van der Waals surface area (Å²) in [6, 6.07) is 9.37. The van der Waals surface area contributed by atoms with Crippen molar-refractivity contribution in [1.82, 2.24) is 0 Å². The molecule has 0 aliphatic heterocycles. The fourth-order valence-corrected chi connectivity index (χ4v) is 2.97. The first-order valence-electron chi connectivity index (χ1n) is 5.04. The highest BCUT2D eigenvalue weighted by atomic mass is 32.1. The summed E-state index contributed by atoms with van der Waals surface area (Å²) >= 11 is 1.37. The number of hydrogen-bond acceptors (Lipinski definition) is 4. The van der Waals surface area contributed by atoms with Gasteiger partial charge >= 0.3 is 0 Å². The van der Waals surface area contributed by atoms with Gasteiger partial charge in [0.1, 0.15) is 11.5 Å². The highest BCUT2D eigenvalue weighted by Crippen LogP contribution is 2.29. The highest BCUT2D eigenvalue weighted by molar-refractivity contribution is 7.24. The van der Waals surface area contributed by atoms with Gasteiger partial charge in [0.25, 0.3) is 0 Å². The second kappa shape index (κ2) is 3.46. The lowest BCUT2D eigenvalue weighted by Crippen LogP contribution is -2.00. The van der Waals surface area contributed by atoms with Gasteiger partial charge in [-0.15, -0.1) is 11.3 Å². The van der Waals surface area contributed by atoms with E-state index < -0.39 is 0 Å². The Balaban J connectivity index is 2.57. The fourth-order valence-electron chi connectivity index (χ4n) is 1.83. The lowest BCUT2D eigenvalue weighted by Gasteiger charge is -2.01. The zero-order valence-corrected chi connectivity index (χ0v) is 9.49. The molecule has 0 fully saturated rings. The predicted octanol–water partition coefficient (Wildman–Crippen LogP) is 2.83. The molecule has 0 radical (unpaired) electrons. The van der Waals surface area contributed by atoms with E-state index in [2.05, 4.69) is 0 Å². The van der Waals surface area contributed by atoms with Crippen LogP contribution in [-0.2, 0) is 0 Å². The van der Waals surface area contributed by atoms with Crippen molar-refractivity contribution < 1.29 is 10.2 Å². The van der Waals surface area contributed by atoms with Crippen molar-refractivity contribution in [2.45, 2.75) is 0 Å². The van der Waals surface area contributed by atoms with Gasteiger partial charge in [0.05, 0.1) is 0 Å². The van der Waals surface area contributed by atoms with Gasteiger partial charge in [-0.05, 0) is 36.4 Å². The average Bonchev–Trinajstić information content (AvgIpc) is 2.28. The summed E-state index contributed by atoms with van der Waals surface area (Å²) in [5.41, 5.74) is -0.0752. The molecule has 0 spiro atoms. The van der Waals surface area contributed by atoms with Gasteiger partial charge < -0.3 is 10.2 Å². The quantitative estimate of drug-likeness (QED) is 0.598. The molecule has 3 nitrogen and oxygen atoms in total. The Morgan fingerprint density at radius 3 is 1.76 bits per heavy atom. The second-order valence-corrected chi connectivity index (χ2v) is 4.88. The van der Waals surface area contributed by atoms with Crippen LogP contribution < -0.4 is 5.43 Å². The first-order valence-corrected chi connectivity index (χ1v) is 5.85. The molecule has 3 rings (SSSR count). The molecule has 0 bridgehead atoms. The molecule has 1 heterocycles. The highest BCUT2D eigenvalue weighted by Gasteiger charge is 2.06. The number of phenolic OH excluding ortho intramolecular Hbond substituents is 2. The van der Waals surface area contributed by atoms with Gasteiger partial charge in [-0.25, -0.2) is 0 Å². The van der Waals surface area contributed by atoms with Gasteiger partial charge in [-0.3, -0.25) is 4.79 Å². The molecule has 0 saturated heterocycles. The molecular weight excluding hydrogens is 236 g/mol. The molecular formula is C13H8O3S. The third kappa shape index (κ3) is 1.54. The summed E-state index contributed by atoms with van der Waals surface area (Å²) in [5.74, 6) is 0.264. The van der Waals surface area contributed by atoms with Crippen LogP contribution in [0.15, 0.2) is 41.2 Å². The molecule has 0 amide bonds. The van der Waals surface area contributed by atoms with Crippen LogP contribution in [0.2, 0.25) is 0 Å². The van der Waals surface area contributed by atoms with Gasteiger partial charge in [0, 0.05) is 20.2 Å². The van der Waals surface area contributed by atoms with E-state index in [9.17, 15) is 15.0 Å². The predicted molar refractivity (Wildman–Crippen MR) is 68.9 cm³/mol. The van der Waals surface area contributed by atoms with Gasteiger partial charge in [-0.1, -0.05) is 0 Å². The van der Waals surface area contributed by atoms with Crippen molar-refractivity contribution in [3.8, 4) is 11.5 Å². The van der Waals surface area contributed by atoms with E-state index in [0.717, 1.165) is 0 Å². The largest absolute Gasteiger partial charge is 0.508 e. The molecule has 0 aliphatic carbocycles. The Kier molecular flexibility index (Phi) is 2.06. The zero-order valence-electron chi connectivity index (χ0n) is 8.68. The number of rotatable bonds is 0. The van der Waals surface area contributed by atoms with Crippen LogP contribution in [0.4, 0.5) is 0 Å². The fraction of sp³-hybridized carbons (Fsp3) is 0. The Morgan fingerprint density at radius 1 is 0.824 bits per heavy atom. The van der Waals surface area contributed by atoms with Crippen LogP contribution in [0.25, 0.3) is 20.2 Å². The third-order valence-electron chi connectivity index (χ3n) is 2.64. The summed E-state index contributed by atoms with van der Waals surface area (Å²) in [6.45, 7) is 0. The summed E-state index contributed by atoms with van der Waals surface area (Å²) in [5, 5.41) is 20.0. The van der Waals surface area contributed by atoms with Crippen LogP contribution in [0.5, 0.6) is 11.5 Å². The Bertz CT molecular complexity index is 727. The third-order valence-corrected chi connectivity index (χ3v) is 3.75. The van der Waals surface area contributed by atoms with Crippen LogP contribution >= 0.6 is 11.3 Å². The zero-order chi connectivity index (χ0) is 12.0. The SMILES string of the molecule is O=c1c2ccc(O)cc2sc2cc(O)ccc12. The van der Waals surface area contributed by atoms with Crippen molar-refractivity contribution in [2.75, 3.05) is 0 Å². The molecule has 4 heteroatoms. The van der Waals surface area contributed by atoms with E-state index in [4.69, 9.17) is 0 Å². The van der Waals surface area contributed by atoms with E-state index in [-0.39, 0.29) is 16.9 Å². The molecule has 17 heavy (non-hydrogen) atoms. The minimum absolute atomic E-state index is 0.0752. The number of fused-ring (bicyclic) bond motifs is 2.